The van der Waals surface area contributed by atoms with Gasteiger partial charge in [-0.1, -0.05) is 52.0 Å². The van der Waals surface area contributed by atoms with E-state index in [1.807, 2.05) is 6.92 Å². The first-order valence-corrected chi connectivity index (χ1v) is 9.32. The number of nitrogens with one attached hydrogen (secondary N) is 2. The summed E-state index contributed by atoms with van der Waals surface area (Å²) in [7, 11) is 0. The highest BCUT2D eigenvalue weighted by molar-refractivity contribution is 5.79. The second-order valence-corrected chi connectivity index (χ2v) is 8.06. The molecule has 1 aromatic rings. The van der Waals surface area contributed by atoms with E-state index in [9.17, 15) is 10.1 Å². The topological polar surface area (TPSA) is 64.9 Å². The van der Waals surface area contributed by atoms with Crippen molar-refractivity contribution in [1.29, 1.82) is 5.26 Å². The van der Waals surface area contributed by atoms with Crippen molar-refractivity contribution in [2.45, 2.75) is 65.0 Å². The van der Waals surface area contributed by atoms with Gasteiger partial charge in [0.15, 0.2) is 0 Å². The van der Waals surface area contributed by atoms with Gasteiger partial charge in [-0.2, -0.15) is 5.26 Å². The van der Waals surface area contributed by atoms with Gasteiger partial charge in [0.05, 0.1) is 12.6 Å². The normalized spacial score (nSPS) is 17.8. The highest BCUT2D eigenvalue weighted by atomic mass is 16.2. The largest absolute Gasteiger partial charge is 0.337 e. The predicted octanol–water partition coefficient (Wildman–Crippen LogP) is 3.91. The molecule has 0 aromatic heterocycles. The molecule has 0 radical (unpaired) electrons. The summed E-state index contributed by atoms with van der Waals surface area (Å²) in [5.74, 6) is 1.06. The number of hydrogen-bond acceptors (Lipinski definition) is 3. The highest BCUT2D eigenvalue weighted by Gasteiger charge is 2.42. The van der Waals surface area contributed by atoms with Crippen LogP contribution in [0.4, 0.5) is 0 Å². The number of rotatable bonds is 8. The van der Waals surface area contributed by atoms with E-state index in [0.29, 0.717) is 17.8 Å². The van der Waals surface area contributed by atoms with Crippen LogP contribution >= 0.6 is 0 Å². The number of nitrogens with zero attached hydrogens (tertiary/aromatic N) is 1. The van der Waals surface area contributed by atoms with Gasteiger partial charge < -0.3 is 10.6 Å². The van der Waals surface area contributed by atoms with Gasteiger partial charge in [-0.05, 0) is 48.6 Å². The van der Waals surface area contributed by atoms with Gasteiger partial charge in [0.2, 0.25) is 5.91 Å². The molecule has 2 rings (SSSR count). The van der Waals surface area contributed by atoms with E-state index in [1.165, 1.54) is 11.1 Å². The second-order valence-electron chi connectivity index (χ2n) is 8.06. The van der Waals surface area contributed by atoms with Crippen LogP contribution in [0.3, 0.4) is 0 Å². The van der Waals surface area contributed by atoms with Gasteiger partial charge in [-0.15, -0.1) is 0 Å². The van der Waals surface area contributed by atoms with Gasteiger partial charge >= 0.3 is 0 Å². The minimum absolute atomic E-state index is 0.111. The maximum Gasteiger partial charge on any atom is 0.235 e. The Balaban J connectivity index is 1.97. The van der Waals surface area contributed by atoms with Gasteiger partial charge in [0.1, 0.15) is 5.54 Å². The van der Waals surface area contributed by atoms with E-state index in [0.717, 1.165) is 12.8 Å². The van der Waals surface area contributed by atoms with Crippen LogP contribution in [0.15, 0.2) is 24.3 Å². The molecule has 4 nitrogen and oxygen atoms in total. The molecule has 0 aliphatic heterocycles. The Hall–Kier alpha value is -1.86. The number of benzene rings is 1. The minimum atomic E-state index is -0.731. The fraction of sp³-hybridized carbons (Fsp3) is 0.619. The van der Waals surface area contributed by atoms with Crippen molar-refractivity contribution in [3.8, 4) is 6.07 Å². The lowest BCUT2D eigenvalue weighted by atomic mass is 9.93. The first kappa shape index (κ1) is 19.5. The van der Waals surface area contributed by atoms with Crippen molar-refractivity contribution in [2.75, 3.05) is 6.54 Å². The molecule has 0 heterocycles. The molecule has 1 fully saturated rings. The van der Waals surface area contributed by atoms with Crippen LogP contribution in [-0.4, -0.2) is 18.0 Å². The molecule has 1 aliphatic rings. The molecule has 136 valence electrons. The van der Waals surface area contributed by atoms with Crippen molar-refractivity contribution in [3.63, 3.8) is 0 Å². The summed E-state index contributed by atoms with van der Waals surface area (Å²) in [4.78, 5) is 12.3. The molecule has 1 aromatic carbocycles. The molecule has 4 heteroatoms. The minimum Gasteiger partial charge on any atom is -0.337 e. The number of carbonyl (C=O) groups is 1. The molecule has 2 N–H and O–H groups in total. The lowest BCUT2D eigenvalue weighted by Crippen LogP contribution is -2.50. The van der Waals surface area contributed by atoms with E-state index in [-0.39, 0.29) is 18.5 Å². The zero-order valence-electron chi connectivity index (χ0n) is 16.1. The fourth-order valence-corrected chi connectivity index (χ4v) is 3.25. The fourth-order valence-electron chi connectivity index (χ4n) is 3.25. The van der Waals surface area contributed by atoms with E-state index in [4.69, 9.17) is 0 Å². The van der Waals surface area contributed by atoms with Crippen molar-refractivity contribution in [1.82, 2.24) is 10.6 Å². The highest BCUT2D eigenvalue weighted by Crippen LogP contribution is 2.39. The number of carbonyl (C=O) groups excluding carboxylic acids is 1. The zero-order chi connectivity index (χ0) is 18.6. The smallest absolute Gasteiger partial charge is 0.235 e. The molecule has 2 atom stereocenters. The average Bonchev–Trinajstić information content (AvgIpc) is 3.40. The summed E-state index contributed by atoms with van der Waals surface area (Å²) < 4.78 is 0. The Labute approximate surface area is 152 Å². The summed E-state index contributed by atoms with van der Waals surface area (Å²) >= 11 is 0. The summed E-state index contributed by atoms with van der Waals surface area (Å²) in [5.41, 5.74) is 1.78. The van der Waals surface area contributed by atoms with Crippen molar-refractivity contribution in [2.24, 2.45) is 11.8 Å². The average molecular weight is 341 g/mol. The molecule has 0 unspecified atom stereocenters. The van der Waals surface area contributed by atoms with Gasteiger partial charge in [-0.25, -0.2) is 0 Å². The van der Waals surface area contributed by atoms with Crippen LogP contribution in [0.5, 0.6) is 0 Å². The van der Waals surface area contributed by atoms with Crippen molar-refractivity contribution < 1.29 is 4.79 Å². The monoisotopic (exact) mass is 341 g/mol. The predicted molar refractivity (Wildman–Crippen MR) is 101 cm³/mol. The SMILES string of the molecule is CC(C)c1ccc([C@@H](NCC(=O)N[C@](C)(C#N)C2CC2)C(C)C)cc1. The van der Waals surface area contributed by atoms with Gasteiger partial charge in [0.25, 0.3) is 0 Å². The molecule has 1 aliphatic carbocycles. The summed E-state index contributed by atoms with van der Waals surface area (Å²) in [6.07, 6.45) is 2.04. The van der Waals surface area contributed by atoms with Crippen LogP contribution in [0, 0.1) is 23.2 Å². The van der Waals surface area contributed by atoms with Crippen molar-refractivity contribution >= 4 is 5.91 Å². The van der Waals surface area contributed by atoms with Crippen molar-refractivity contribution in [3.05, 3.63) is 35.4 Å². The second kappa shape index (κ2) is 8.01. The zero-order valence-corrected chi connectivity index (χ0v) is 16.1. The standard InChI is InChI=1S/C21H31N3O/c1-14(2)16-6-8-17(9-7-16)20(15(3)4)23-12-19(25)24-21(5,13-22)18-10-11-18/h6-9,14-15,18,20,23H,10-12H2,1-5H3,(H,24,25)/t20-,21+/m0/s1. The Morgan fingerprint density at radius 3 is 2.20 bits per heavy atom. The van der Waals surface area contributed by atoms with Gasteiger partial charge in [0, 0.05) is 6.04 Å². The Morgan fingerprint density at radius 1 is 1.20 bits per heavy atom. The summed E-state index contributed by atoms with van der Waals surface area (Å²) in [6.45, 7) is 10.7. The summed E-state index contributed by atoms with van der Waals surface area (Å²) in [5, 5.41) is 15.7. The van der Waals surface area contributed by atoms with Crippen LogP contribution in [0.1, 0.15) is 70.5 Å². The number of amides is 1. The Kier molecular flexibility index (Phi) is 6.24. The first-order chi connectivity index (χ1) is 11.8. The third-order valence-corrected chi connectivity index (χ3v) is 5.14. The number of hydrogen-bond donors (Lipinski definition) is 2. The Morgan fingerprint density at radius 2 is 1.76 bits per heavy atom. The van der Waals surface area contributed by atoms with E-state index >= 15 is 0 Å². The summed E-state index contributed by atoms with van der Waals surface area (Å²) in [6, 6.07) is 11.0. The van der Waals surface area contributed by atoms with Crippen LogP contribution < -0.4 is 10.6 Å². The maximum atomic E-state index is 12.3. The van der Waals surface area contributed by atoms with E-state index < -0.39 is 5.54 Å². The lowest BCUT2D eigenvalue weighted by molar-refractivity contribution is -0.121. The lowest BCUT2D eigenvalue weighted by Gasteiger charge is -2.26. The Bertz CT molecular complexity index is 626. The molecule has 25 heavy (non-hydrogen) atoms. The van der Waals surface area contributed by atoms with Crippen LogP contribution in [0.2, 0.25) is 0 Å². The van der Waals surface area contributed by atoms with Crippen LogP contribution in [0.25, 0.3) is 0 Å². The molecule has 0 spiro atoms. The number of nitriles is 1. The molecular formula is C21H31N3O. The maximum absolute atomic E-state index is 12.3. The van der Waals surface area contributed by atoms with Gasteiger partial charge in [-0.3, -0.25) is 4.79 Å². The first-order valence-electron chi connectivity index (χ1n) is 9.32. The molecule has 1 amide bonds. The third-order valence-electron chi connectivity index (χ3n) is 5.14. The molecule has 0 saturated heterocycles. The van der Waals surface area contributed by atoms with Crippen LogP contribution in [-0.2, 0) is 4.79 Å². The molecule has 0 bridgehead atoms. The van der Waals surface area contributed by atoms with E-state index in [2.05, 4.69) is 68.7 Å². The molecule has 1 saturated carbocycles. The van der Waals surface area contributed by atoms with E-state index in [1.54, 1.807) is 0 Å². The quantitative estimate of drug-likeness (QED) is 0.753. The third kappa shape index (κ3) is 5.06. The molecular weight excluding hydrogens is 310 g/mol.